The summed E-state index contributed by atoms with van der Waals surface area (Å²) in [7, 11) is 0. The summed E-state index contributed by atoms with van der Waals surface area (Å²) in [6.07, 6.45) is 1.46. The van der Waals surface area contributed by atoms with Crippen LogP contribution in [0.5, 0.6) is 0 Å². The number of hydrogen-bond donors (Lipinski definition) is 1. The van der Waals surface area contributed by atoms with Crippen molar-refractivity contribution in [3.05, 3.63) is 0 Å². The van der Waals surface area contributed by atoms with E-state index in [9.17, 15) is 4.79 Å². The predicted molar refractivity (Wildman–Crippen MR) is 77.5 cm³/mol. The highest BCUT2D eigenvalue weighted by molar-refractivity contribution is 5.77. The monoisotopic (exact) mass is 257 g/mol. The van der Waals surface area contributed by atoms with Crippen molar-refractivity contribution in [2.24, 2.45) is 5.73 Å². The Morgan fingerprint density at radius 1 is 1.06 bits per heavy atom. The van der Waals surface area contributed by atoms with Crippen molar-refractivity contribution in [1.82, 2.24) is 9.80 Å². The first-order valence-electron chi connectivity index (χ1n) is 7.13. The highest BCUT2D eigenvalue weighted by Gasteiger charge is 2.20. The van der Waals surface area contributed by atoms with E-state index in [1.54, 1.807) is 0 Å². The molecule has 0 heterocycles. The molecule has 2 N–H and O–H groups in total. The number of rotatable bonds is 9. The Hall–Kier alpha value is -0.610. The van der Waals surface area contributed by atoms with Gasteiger partial charge in [-0.25, -0.2) is 0 Å². The second-order valence-corrected chi connectivity index (χ2v) is 5.52. The summed E-state index contributed by atoms with van der Waals surface area (Å²) in [6.45, 7) is 15.0. The molecule has 0 aromatic heterocycles. The molecular weight excluding hydrogens is 226 g/mol. The van der Waals surface area contributed by atoms with E-state index in [1.165, 1.54) is 0 Å². The van der Waals surface area contributed by atoms with Crippen molar-refractivity contribution >= 4 is 5.91 Å². The topological polar surface area (TPSA) is 49.6 Å². The second kappa shape index (κ2) is 8.48. The molecule has 0 atom stereocenters. The number of nitrogens with two attached hydrogens (primary N) is 1. The maximum absolute atomic E-state index is 12.0. The Balaban J connectivity index is 4.07. The fourth-order valence-corrected chi connectivity index (χ4v) is 1.99. The summed E-state index contributed by atoms with van der Waals surface area (Å²) in [6, 6.07) is 0. The maximum Gasteiger partial charge on any atom is 0.224 e. The molecule has 4 heteroatoms. The summed E-state index contributed by atoms with van der Waals surface area (Å²) in [5, 5.41) is 0. The fourth-order valence-electron chi connectivity index (χ4n) is 1.99. The molecule has 0 saturated carbocycles. The number of hydrogen-bond acceptors (Lipinski definition) is 3. The highest BCUT2D eigenvalue weighted by Crippen LogP contribution is 2.07. The van der Waals surface area contributed by atoms with Crippen LogP contribution in [-0.4, -0.2) is 54.0 Å². The molecule has 1 amide bonds. The van der Waals surface area contributed by atoms with E-state index in [4.69, 9.17) is 5.73 Å². The van der Waals surface area contributed by atoms with Crippen LogP contribution < -0.4 is 5.73 Å². The normalized spacial score (nSPS) is 11.9. The third-order valence-corrected chi connectivity index (χ3v) is 3.14. The van der Waals surface area contributed by atoms with Crippen LogP contribution in [0.3, 0.4) is 0 Å². The number of nitrogens with zero attached hydrogens (tertiary/aromatic N) is 2. The largest absolute Gasteiger partial charge is 0.343 e. The lowest BCUT2D eigenvalue weighted by Gasteiger charge is -2.26. The van der Waals surface area contributed by atoms with E-state index in [-0.39, 0.29) is 5.91 Å². The van der Waals surface area contributed by atoms with Crippen molar-refractivity contribution < 1.29 is 4.79 Å². The SMILES string of the molecule is CCN(CC)CCCN(CC)C(=O)CC(C)(C)N. The quantitative estimate of drug-likeness (QED) is 0.684. The fraction of sp³-hybridized carbons (Fsp3) is 0.929. The van der Waals surface area contributed by atoms with Crippen LogP contribution in [0.1, 0.15) is 47.5 Å². The van der Waals surface area contributed by atoms with Crippen molar-refractivity contribution in [1.29, 1.82) is 0 Å². The molecule has 0 saturated heterocycles. The van der Waals surface area contributed by atoms with Gasteiger partial charge in [0.1, 0.15) is 0 Å². The average Bonchev–Trinajstić information content (AvgIpc) is 2.27. The van der Waals surface area contributed by atoms with Crippen molar-refractivity contribution in [3.63, 3.8) is 0 Å². The summed E-state index contributed by atoms with van der Waals surface area (Å²) in [5.74, 6) is 0.171. The molecule has 108 valence electrons. The lowest BCUT2D eigenvalue weighted by atomic mass is 10.0. The molecule has 0 aromatic rings. The molecule has 18 heavy (non-hydrogen) atoms. The third-order valence-electron chi connectivity index (χ3n) is 3.14. The molecule has 0 spiro atoms. The number of amides is 1. The minimum atomic E-state index is -0.413. The first-order chi connectivity index (χ1) is 8.34. The zero-order valence-corrected chi connectivity index (χ0v) is 12.8. The highest BCUT2D eigenvalue weighted by atomic mass is 16.2. The van der Waals surface area contributed by atoms with Crippen LogP contribution in [0.25, 0.3) is 0 Å². The molecule has 0 aliphatic rings. The van der Waals surface area contributed by atoms with Gasteiger partial charge in [-0.15, -0.1) is 0 Å². The van der Waals surface area contributed by atoms with Crippen LogP contribution in [0.4, 0.5) is 0 Å². The Labute approximate surface area is 113 Å². The van der Waals surface area contributed by atoms with Crippen molar-refractivity contribution in [3.8, 4) is 0 Å². The van der Waals surface area contributed by atoms with Crippen LogP contribution in [0.15, 0.2) is 0 Å². The van der Waals surface area contributed by atoms with E-state index in [2.05, 4.69) is 18.7 Å². The van der Waals surface area contributed by atoms with Gasteiger partial charge in [0.15, 0.2) is 0 Å². The van der Waals surface area contributed by atoms with Crippen LogP contribution >= 0.6 is 0 Å². The summed E-state index contributed by atoms with van der Waals surface area (Å²) < 4.78 is 0. The first-order valence-corrected chi connectivity index (χ1v) is 7.13. The van der Waals surface area contributed by atoms with Crippen LogP contribution in [0.2, 0.25) is 0 Å². The van der Waals surface area contributed by atoms with Gasteiger partial charge in [-0.2, -0.15) is 0 Å². The zero-order valence-electron chi connectivity index (χ0n) is 12.8. The molecule has 0 aromatic carbocycles. The molecule has 0 bridgehead atoms. The van der Waals surface area contributed by atoms with Gasteiger partial charge in [0, 0.05) is 25.0 Å². The van der Waals surface area contributed by atoms with E-state index < -0.39 is 5.54 Å². The van der Waals surface area contributed by atoms with Crippen molar-refractivity contribution in [2.45, 2.75) is 53.0 Å². The molecular formula is C14H31N3O. The van der Waals surface area contributed by atoms with E-state index in [0.717, 1.165) is 39.1 Å². The molecule has 0 aliphatic heterocycles. The summed E-state index contributed by atoms with van der Waals surface area (Å²) >= 11 is 0. The van der Waals surface area contributed by atoms with Gasteiger partial charge in [-0.1, -0.05) is 13.8 Å². The van der Waals surface area contributed by atoms with Gasteiger partial charge in [0.2, 0.25) is 5.91 Å². The van der Waals surface area contributed by atoms with Gasteiger partial charge >= 0.3 is 0 Å². The Kier molecular flexibility index (Phi) is 8.20. The van der Waals surface area contributed by atoms with Gasteiger partial charge < -0.3 is 15.5 Å². The molecule has 0 radical (unpaired) electrons. The van der Waals surface area contributed by atoms with Crippen molar-refractivity contribution in [2.75, 3.05) is 32.7 Å². The lowest BCUT2D eigenvalue weighted by molar-refractivity contribution is -0.132. The first kappa shape index (κ1) is 17.4. The van der Waals surface area contributed by atoms with Gasteiger partial charge in [0.25, 0.3) is 0 Å². The van der Waals surface area contributed by atoms with E-state index >= 15 is 0 Å². The minimum Gasteiger partial charge on any atom is -0.343 e. The Morgan fingerprint density at radius 3 is 2.00 bits per heavy atom. The van der Waals surface area contributed by atoms with Gasteiger partial charge in [0.05, 0.1) is 0 Å². The lowest BCUT2D eigenvalue weighted by Crippen LogP contribution is -2.42. The number of carbonyl (C=O) groups is 1. The summed E-state index contributed by atoms with van der Waals surface area (Å²) in [5.41, 5.74) is 5.48. The Bertz CT molecular complexity index is 232. The average molecular weight is 257 g/mol. The predicted octanol–water partition coefficient (Wildman–Crippen LogP) is 1.69. The van der Waals surface area contributed by atoms with Crippen LogP contribution in [0, 0.1) is 0 Å². The summed E-state index contributed by atoms with van der Waals surface area (Å²) in [4.78, 5) is 16.3. The van der Waals surface area contributed by atoms with Gasteiger partial charge in [-0.3, -0.25) is 4.79 Å². The number of carbonyl (C=O) groups excluding carboxylic acids is 1. The van der Waals surface area contributed by atoms with E-state index in [1.807, 2.05) is 25.7 Å². The minimum absolute atomic E-state index is 0.171. The van der Waals surface area contributed by atoms with Crippen LogP contribution in [-0.2, 0) is 4.79 Å². The standard InChI is InChI=1S/C14H31N3O/c1-6-16(7-2)10-9-11-17(8-3)13(18)12-14(4,5)15/h6-12,15H2,1-5H3. The molecule has 0 rings (SSSR count). The second-order valence-electron chi connectivity index (χ2n) is 5.52. The van der Waals surface area contributed by atoms with Gasteiger partial charge in [-0.05, 0) is 46.8 Å². The molecule has 0 unspecified atom stereocenters. The molecule has 0 fully saturated rings. The smallest absolute Gasteiger partial charge is 0.224 e. The van der Waals surface area contributed by atoms with E-state index in [0.29, 0.717) is 6.42 Å². The zero-order chi connectivity index (χ0) is 14.2. The molecule has 0 aliphatic carbocycles. The Morgan fingerprint density at radius 2 is 1.61 bits per heavy atom. The maximum atomic E-state index is 12.0. The third kappa shape index (κ3) is 7.67. The molecule has 4 nitrogen and oxygen atoms in total.